The Labute approximate surface area is 210 Å². The third-order valence-electron chi connectivity index (χ3n) is 5.38. The van der Waals surface area contributed by atoms with Gasteiger partial charge in [-0.2, -0.15) is 0 Å². The lowest BCUT2D eigenvalue weighted by molar-refractivity contribution is -0.133. The molecule has 0 atom stereocenters. The van der Waals surface area contributed by atoms with Crippen LogP contribution in [0.1, 0.15) is 23.0 Å². The first kappa shape index (κ1) is 24.0. The van der Waals surface area contributed by atoms with Crippen LogP contribution in [0.4, 0.5) is 11.4 Å². The molecule has 9 heteroatoms. The molecular formula is C26H23BrN4O4. The number of hydrogen-bond acceptors (Lipinski definition) is 4. The van der Waals surface area contributed by atoms with Crippen molar-refractivity contribution in [3.8, 4) is 5.75 Å². The zero-order valence-electron chi connectivity index (χ0n) is 19.1. The minimum atomic E-state index is -0.913. The molecule has 0 radical (unpaired) electrons. The molecule has 0 aliphatic carbocycles. The van der Waals surface area contributed by atoms with E-state index in [1.165, 1.54) is 4.68 Å². The van der Waals surface area contributed by atoms with E-state index in [0.717, 1.165) is 16.5 Å². The van der Waals surface area contributed by atoms with Gasteiger partial charge in [-0.15, -0.1) is 0 Å². The van der Waals surface area contributed by atoms with E-state index in [-0.39, 0.29) is 5.69 Å². The Morgan fingerprint density at radius 1 is 0.857 bits per heavy atom. The number of nitrogens with one attached hydrogen (secondary N) is 3. The maximum Gasteiger partial charge on any atom is 0.328 e. The number of amides is 3. The maximum atomic E-state index is 13.1. The number of aromatic nitrogens is 1. The molecule has 3 aromatic carbocycles. The standard InChI is InChI=1S/C26H23BrN4O4/c1-3-16-4-7-19(8-5-16)29-25(33)26(34)30-31-22-13-6-18(27)14-17(22)15-23(31)24(32)28-20-9-11-21(35-2)12-10-20/h4-15H,3H2,1-2H3,(H,28,32)(H,29,33)(H,30,34). The molecule has 3 amide bonds. The summed E-state index contributed by atoms with van der Waals surface area (Å²) in [6.45, 7) is 2.03. The fourth-order valence-corrected chi connectivity index (χ4v) is 3.89. The van der Waals surface area contributed by atoms with Crippen LogP contribution in [0.5, 0.6) is 5.75 Å². The summed E-state index contributed by atoms with van der Waals surface area (Å²) in [5.74, 6) is -1.57. The monoisotopic (exact) mass is 534 g/mol. The summed E-state index contributed by atoms with van der Waals surface area (Å²) >= 11 is 3.42. The van der Waals surface area contributed by atoms with E-state index in [0.29, 0.717) is 28.0 Å². The lowest BCUT2D eigenvalue weighted by Gasteiger charge is -2.13. The molecule has 1 heterocycles. The number of aryl methyl sites for hydroxylation is 1. The Balaban J connectivity index is 1.58. The van der Waals surface area contributed by atoms with Gasteiger partial charge in [-0.3, -0.25) is 19.8 Å². The second-order valence-corrected chi connectivity index (χ2v) is 8.61. The Kier molecular flexibility index (Phi) is 7.17. The van der Waals surface area contributed by atoms with Crippen LogP contribution in [0.2, 0.25) is 0 Å². The number of nitrogens with zero attached hydrogens (tertiary/aromatic N) is 1. The molecule has 35 heavy (non-hydrogen) atoms. The average molecular weight is 535 g/mol. The number of anilines is 2. The van der Waals surface area contributed by atoms with Gasteiger partial charge in [0, 0.05) is 21.2 Å². The third-order valence-corrected chi connectivity index (χ3v) is 5.88. The van der Waals surface area contributed by atoms with E-state index in [2.05, 4.69) is 32.0 Å². The van der Waals surface area contributed by atoms with Crippen molar-refractivity contribution in [1.82, 2.24) is 4.68 Å². The van der Waals surface area contributed by atoms with Gasteiger partial charge in [0.2, 0.25) is 0 Å². The fraction of sp³-hybridized carbons (Fsp3) is 0.115. The van der Waals surface area contributed by atoms with E-state index < -0.39 is 17.7 Å². The Bertz CT molecular complexity index is 1400. The van der Waals surface area contributed by atoms with Gasteiger partial charge in [-0.25, -0.2) is 4.68 Å². The van der Waals surface area contributed by atoms with Crippen molar-refractivity contribution < 1.29 is 19.1 Å². The van der Waals surface area contributed by atoms with E-state index in [1.807, 2.05) is 25.1 Å². The summed E-state index contributed by atoms with van der Waals surface area (Å²) in [4.78, 5) is 38.4. The molecule has 178 valence electrons. The first-order chi connectivity index (χ1) is 16.9. The zero-order valence-corrected chi connectivity index (χ0v) is 20.7. The Hall–Kier alpha value is -4.11. The number of carbonyl (C=O) groups excluding carboxylic acids is 3. The van der Waals surface area contributed by atoms with Crippen LogP contribution in [-0.2, 0) is 16.0 Å². The van der Waals surface area contributed by atoms with Crippen molar-refractivity contribution in [2.45, 2.75) is 13.3 Å². The molecule has 3 N–H and O–H groups in total. The minimum absolute atomic E-state index is 0.155. The molecule has 1 aromatic heterocycles. The average Bonchev–Trinajstić information content (AvgIpc) is 3.22. The predicted molar refractivity (Wildman–Crippen MR) is 139 cm³/mol. The van der Waals surface area contributed by atoms with Crippen LogP contribution in [0.25, 0.3) is 10.9 Å². The highest BCUT2D eigenvalue weighted by Crippen LogP contribution is 2.24. The molecule has 8 nitrogen and oxygen atoms in total. The highest BCUT2D eigenvalue weighted by molar-refractivity contribution is 9.10. The van der Waals surface area contributed by atoms with Crippen molar-refractivity contribution in [3.63, 3.8) is 0 Å². The summed E-state index contributed by atoms with van der Waals surface area (Å²) in [6, 6.07) is 21.1. The van der Waals surface area contributed by atoms with E-state index in [9.17, 15) is 14.4 Å². The van der Waals surface area contributed by atoms with E-state index in [4.69, 9.17) is 4.74 Å². The molecule has 0 saturated heterocycles. The van der Waals surface area contributed by atoms with Gasteiger partial charge >= 0.3 is 11.8 Å². The summed E-state index contributed by atoms with van der Waals surface area (Å²) in [7, 11) is 1.56. The number of hydrogen-bond donors (Lipinski definition) is 3. The number of halogens is 1. The van der Waals surface area contributed by atoms with Gasteiger partial charge in [0.25, 0.3) is 5.91 Å². The molecule has 0 aliphatic rings. The quantitative estimate of drug-likeness (QED) is 0.305. The number of rotatable bonds is 6. The normalized spacial score (nSPS) is 10.6. The lowest BCUT2D eigenvalue weighted by atomic mass is 10.1. The lowest BCUT2D eigenvalue weighted by Crippen LogP contribution is -2.36. The Morgan fingerprint density at radius 3 is 2.17 bits per heavy atom. The number of benzene rings is 3. The summed E-state index contributed by atoms with van der Waals surface area (Å²) in [6.07, 6.45) is 0.868. The third kappa shape index (κ3) is 5.52. The highest BCUT2D eigenvalue weighted by atomic mass is 79.9. The van der Waals surface area contributed by atoms with Crippen LogP contribution in [0.15, 0.2) is 77.3 Å². The first-order valence-corrected chi connectivity index (χ1v) is 11.6. The van der Waals surface area contributed by atoms with Crippen molar-refractivity contribution >= 4 is 55.9 Å². The minimum Gasteiger partial charge on any atom is -0.497 e. The van der Waals surface area contributed by atoms with Gasteiger partial charge in [-0.1, -0.05) is 35.0 Å². The first-order valence-electron chi connectivity index (χ1n) is 10.9. The van der Waals surface area contributed by atoms with Crippen molar-refractivity contribution in [3.05, 3.63) is 88.5 Å². The van der Waals surface area contributed by atoms with Gasteiger partial charge in [0.15, 0.2) is 0 Å². The van der Waals surface area contributed by atoms with Gasteiger partial charge in [-0.05, 0) is 72.6 Å². The van der Waals surface area contributed by atoms with Crippen molar-refractivity contribution in [2.75, 3.05) is 23.2 Å². The van der Waals surface area contributed by atoms with Crippen LogP contribution in [0, 0.1) is 0 Å². The second-order valence-electron chi connectivity index (χ2n) is 7.70. The molecule has 4 aromatic rings. The SMILES string of the molecule is CCc1ccc(NC(=O)C(=O)Nn2c(C(=O)Nc3ccc(OC)cc3)cc3cc(Br)ccc32)cc1. The van der Waals surface area contributed by atoms with Gasteiger partial charge < -0.3 is 15.4 Å². The smallest absolute Gasteiger partial charge is 0.328 e. The molecule has 4 rings (SSSR count). The summed E-state index contributed by atoms with van der Waals surface area (Å²) in [5, 5.41) is 6.08. The summed E-state index contributed by atoms with van der Waals surface area (Å²) in [5.41, 5.74) is 5.43. The molecular weight excluding hydrogens is 512 g/mol. The topological polar surface area (TPSA) is 101 Å². The molecule has 0 saturated carbocycles. The number of methoxy groups -OCH3 is 1. The molecule has 0 aliphatic heterocycles. The molecule has 0 spiro atoms. The van der Waals surface area contributed by atoms with Crippen LogP contribution >= 0.6 is 15.9 Å². The van der Waals surface area contributed by atoms with Crippen molar-refractivity contribution in [1.29, 1.82) is 0 Å². The van der Waals surface area contributed by atoms with Gasteiger partial charge in [0.05, 0.1) is 12.6 Å². The van der Waals surface area contributed by atoms with Gasteiger partial charge in [0.1, 0.15) is 11.4 Å². The van der Waals surface area contributed by atoms with Crippen LogP contribution in [-0.4, -0.2) is 29.5 Å². The predicted octanol–water partition coefficient (Wildman–Crippen LogP) is 4.94. The van der Waals surface area contributed by atoms with Crippen molar-refractivity contribution in [2.24, 2.45) is 0 Å². The molecule has 0 bridgehead atoms. The van der Waals surface area contributed by atoms with Crippen LogP contribution in [0.3, 0.4) is 0 Å². The van der Waals surface area contributed by atoms with E-state index >= 15 is 0 Å². The zero-order chi connectivity index (χ0) is 24.9. The number of carbonyl (C=O) groups is 3. The second kappa shape index (κ2) is 10.4. The van der Waals surface area contributed by atoms with Crippen LogP contribution < -0.4 is 20.8 Å². The Morgan fingerprint density at radius 2 is 1.51 bits per heavy atom. The molecule has 0 unspecified atom stereocenters. The largest absolute Gasteiger partial charge is 0.497 e. The maximum absolute atomic E-state index is 13.1. The fourth-order valence-electron chi connectivity index (χ4n) is 3.51. The summed E-state index contributed by atoms with van der Waals surface area (Å²) < 4.78 is 7.26. The van der Waals surface area contributed by atoms with E-state index in [1.54, 1.807) is 61.7 Å². The number of fused-ring (bicyclic) bond motifs is 1. The highest BCUT2D eigenvalue weighted by Gasteiger charge is 2.21. The molecule has 0 fully saturated rings. The number of ether oxygens (including phenoxy) is 1.